The van der Waals surface area contributed by atoms with Crippen LogP contribution in [0.5, 0.6) is 0 Å². The van der Waals surface area contributed by atoms with E-state index < -0.39 is 0 Å². The minimum absolute atomic E-state index is 0.173. The quantitative estimate of drug-likeness (QED) is 0.372. The lowest BCUT2D eigenvalue weighted by Gasteiger charge is -2.31. The highest BCUT2D eigenvalue weighted by molar-refractivity contribution is 7.15. The van der Waals surface area contributed by atoms with Crippen molar-refractivity contribution in [3.05, 3.63) is 70.7 Å². The molecule has 0 bridgehead atoms. The first-order valence-electron chi connectivity index (χ1n) is 10.2. The molecule has 0 aliphatic heterocycles. The molecule has 0 saturated heterocycles. The molecule has 1 fully saturated rings. The Morgan fingerprint density at radius 3 is 2.80 bits per heavy atom. The van der Waals surface area contributed by atoms with Crippen LogP contribution in [0.2, 0.25) is 5.02 Å². The van der Waals surface area contributed by atoms with Gasteiger partial charge in [-0.2, -0.15) is 0 Å². The summed E-state index contributed by atoms with van der Waals surface area (Å²) < 4.78 is 7.63. The second kappa shape index (κ2) is 8.28. The third-order valence-electron chi connectivity index (χ3n) is 5.75. The molecular weight excluding hydrogens is 418 g/mol. The molecular formula is C23H22ClN3O2S. The van der Waals surface area contributed by atoms with Crippen molar-refractivity contribution in [2.24, 2.45) is 5.92 Å². The molecule has 0 N–H and O–H groups in total. The molecule has 0 atom stereocenters. The molecule has 1 saturated carbocycles. The summed E-state index contributed by atoms with van der Waals surface area (Å²) in [4.78, 5) is 20.6. The Bertz CT molecular complexity index is 1140. The van der Waals surface area contributed by atoms with Gasteiger partial charge < -0.3 is 9.32 Å². The van der Waals surface area contributed by atoms with Crippen LogP contribution in [-0.2, 0) is 17.8 Å². The van der Waals surface area contributed by atoms with E-state index in [9.17, 15) is 4.79 Å². The van der Waals surface area contributed by atoms with Crippen LogP contribution >= 0.6 is 22.9 Å². The molecule has 30 heavy (non-hydrogen) atoms. The van der Waals surface area contributed by atoms with Gasteiger partial charge in [0.25, 0.3) is 0 Å². The maximum absolute atomic E-state index is 12.9. The first-order valence-corrected chi connectivity index (χ1v) is 11.5. The summed E-state index contributed by atoms with van der Waals surface area (Å²) in [5.74, 6) is 1.25. The van der Waals surface area contributed by atoms with Crippen LogP contribution in [-0.4, -0.2) is 26.7 Å². The van der Waals surface area contributed by atoms with Crippen molar-refractivity contribution in [2.45, 2.75) is 32.2 Å². The summed E-state index contributed by atoms with van der Waals surface area (Å²) in [7, 11) is 0. The zero-order chi connectivity index (χ0) is 20.5. The molecule has 4 aromatic rings. The summed E-state index contributed by atoms with van der Waals surface area (Å²) >= 11 is 7.63. The molecule has 0 radical (unpaired) electrons. The van der Waals surface area contributed by atoms with Crippen molar-refractivity contribution >= 4 is 33.8 Å². The number of benzene rings is 1. The van der Waals surface area contributed by atoms with Gasteiger partial charge in [-0.25, -0.2) is 4.98 Å². The van der Waals surface area contributed by atoms with Crippen molar-refractivity contribution < 1.29 is 9.21 Å². The number of aromatic nitrogens is 2. The second-order valence-corrected chi connectivity index (χ2v) is 9.00. The number of imidazole rings is 1. The maximum Gasteiger partial charge on any atom is 0.226 e. The van der Waals surface area contributed by atoms with Crippen molar-refractivity contribution in [1.29, 1.82) is 0 Å². The van der Waals surface area contributed by atoms with E-state index in [-0.39, 0.29) is 11.8 Å². The number of carbonyl (C=O) groups excluding carboxylic acids is 1. The van der Waals surface area contributed by atoms with E-state index in [2.05, 4.69) is 16.0 Å². The van der Waals surface area contributed by atoms with Crippen molar-refractivity contribution in [2.75, 3.05) is 6.54 Å². The average molecular weight is 440 g/mol. The Labute approximate surface area is 183 Å². The number of hydrogen-bond acceptors (Lipinski definition) is 4. The highest BCUT2D eigenvalue weighted by Crippen LogP contribution is 2.29. The fraction of sp³-hybridized carbons (Fsp3) is 0.304. The van der Waals surface area contributed by atoms with Gasteiger partial charge in [0.05, 0.1) is 18.5 Å². The average Bonchev–Trinajstić information content (AvgIpc) is 3.42. The van der Waals surface area contributed by atoms with E-state index in [0.717, 1.165) is 53.4 Å². The smallest absolute Gasteiger partial charge is 0.226 e. The Hall–Kier alpha value is -2.57. The van der Waals surface area contributed by atoms with Crippen molar-refractivity contribution in [1.82, 2.24) is 14.3 Å². The van der Waals surface area contributed by atoms with Crippen molar-refractivity contribution in [3.63, 3.8) is 0 Å². The van der Waals surface area contributed by atoms with Gasteiger partial charge in [-0.1, -0.05) is 30.2 Å². The first-order chi connectivity index (χ1) is 14.7. The minimum atomic E-state index is 0.173. The van der Waals surface area contributed by atoms with E-state index in [1.165, 1.54) is 0 Å². The van der Waals surface area contributed by atoms with Gasteiger partial charge in [-0.3, -0.25) is 9.20 Å². The first kappa shape index (κ1) is 19.4. The van der Waals surface area contributed by atoms with Gasteiger partial charge >= 0.3 is 0 Å². The molecule has 7 heteroatoms. The van der Waals surface area contributed by atoms with E-state index in [1.807, 2.05) is 41.3 Å². The number of carbonyl (C=O) groups is 1. The standard InChI is InChI=1S/C23H22ClN3O2S/c24-18-8-6-16(7-9-18)21-14-27-19(15-30-23(27)25-21)10-11-26(13-20-5-2-12-29-20)22(28)17-3-1-4-17/h2,5-9,12,14-15,17H,1,3-4,10-11,13H2. The molecule has 3 heterocycles. The normalized spacial score (nSPS) is 14.2. The molecule has 5 nitrogen and oxygen atoms in total. The molecule has 3 aromatic heterocycles. The van der Waals surface area contributed by atoms with Gasteiger partial charge in [0.15, 0.2) is 4.96 Å². The lowest BCUT2D eigenvalue weighted by Crippen LogP contribution is -2.39. The van der Waals surface area contributed by atoms with E-state index in [1.54, 1.807) is 17.6 Å². The Kier molecular flexibility index (Phi) is 5.35. The van der Waals surface area contributed by atoms with Crippen LogP contribution in [0.15, 0.2) is 58.7 Å². The SMILES string of the molecule is O=C(C1CCC1)N(CCc1csc2nc(-c3ccc(Cl)cc3)cn12)Cc1ccco1. The van der Waals surface area contributed by atoms with Crippen LogP contribution in [0, 0.1) is 5.92 Å². The Balaban J connectivity index is 1.34. The monoisotopic (exact) mass is 439 g/mol. The number of thiazole rings is 1. The number of hydrogen-bond donors (Lipinski definition) is 0. The number of amides is 1. The van der Waals surface area contributed by atoms with Crippen LogP contribution in [0.3, 0.4) is 0 Å². The highest BCUT2D eigenvalue weighted by Gasteiger charge is 2.30. The molecule has 1 aliphatic carbocycles. The molecule has 1 amide bonds. The molecule has 5 rings (SSSR count). The van der Waals surface area contributed by atoms with Crippen LogP contribution < -0.4 is 0 Å². The molecule has 154 valence electrons. The lowest BCUT2D eigenvalue weighted by atomic mass is 9.84. The predicted molar refractivity (Wildman–Crippen MR) is 119 cm³/mol. The van der Waals surface area contributed by atoms with Crippen LogP contribution in [0.25, 0.3) is 16.2 Å². The number of rotatable bonds is 7. The summed E-state index contributed by atoms with van der Waals surface area (Å²) in [5, 5.41) is 2.85. The molecule has 0 spiro atoms. The van der Waals surface area contributed by atoms with Crippen LogP contribution in [0.1, 0.15) is 30.7 Å². The minimum Gasteiger partial charge on any atom is -0.467 e. The van der Waals surface area contributed by atoms with Gasteiger partial charge in [0.2, 0.25) is 5.91 Å². The van der Waals surface area contributed by atoms with Gasteiger partial charge in [0.1, 0.15) is 5.76 Å². The van der Waals surface area contributed by atoms with E-state index in [4.69, 9.17) is 21.0 Å². The predicted octanol–water partition coefficient (Wildman–Crippen LogP) is 5.68. The topological polar surface area (TPSA) is 50.8 Å². The third kappa shape index (κ3) is 3.89. The fourth-order valence-corrected chi connectivity index (χ4v) is 4.82. The zero-order valence-corrected chi connectivity index (χ0v) is 18.0. The maximum atomic E-state index is 12.9. The Morgan fingerprint density at radius 1 is 1.27 bits per heavy atom. The largest absolute Gasteiger partial charge is 0.467 e. The summed E-state index contributed by atoms with van der Waals surface area (Å²) in [6, 6.07) is 11.5. The van der Waals surface area contributed by atoms with E-state index in [0.29, 0.717) is 18.1 Å². The molecule has 1 aliphatic rings. The number of halogens is 1. The van der Waals surface area contributed by atoms with Gasteiger partial charge in [-0.05, 0) is 37.1 Å². The highest BCUT2D eigenvalue weighted by atomic mass is 35.5. The zero-order valence-electron chi connectivity index (χ0n) is 16.5. The Morgan fingerprint density at radius 2 is 2.10 bits per heavy atom. The van der Waals surface area contributed by atoms with Crippen LogP contribution in [0.4, 0.5) is 0 Å². The molecule has 1 aromatic carbocycles. The number of fused-ring (bicyclic) bond motifs is 1. The second-order valence-electron chi connectivity index (χ2n) is 7.73. The summed E-state index contributed by atoms with van der Waals surface area (Å²) in [6.07, 6.45) is 7.65. The summed E-state index contributed by atoms with van der Waals surface area (Å²) in [5.41, 5.74) is 3.13. The van der Waals surface area contributed by atoms with E-state index >= 15 is 0 Å². The molecule has 0 unspecified atom stereocenters. The van der Waals surface area contributed by atoms with Gasteiger partial charge in [-0.15, -0.1) is 11.3 Å². The lowest BCUT2D eigenvalue weighted by molar-refractivity contribution is -0.139. The number of furan rings is 1. The summed E-state index contributed by atoms with van der Waals surface area (Å²) in [6.45, 7) is 1.19. The van der Waals surface area contributed by atoms with Crippen molar-refractivity contribution in [3.8, 4) is 11.3 Å². The number of nitrogens with zero attached hydrogens (tertiary/aromatic N) is 3. The van der Waals surface area contributed by atoms with Gasteiger partial charge in [0, 0.05) is 46.7 Å². The fourth-order valence-electron chi connectivity index (χ4n) is 3.79. The third-order valence-corrected chi connectivity index (χ3v) is 6.89.